The zero-order valence-corrected chi connectivity index (χ0v) is 14.4. The maximum Gasteiger partial charge on any atom is 0.416 e. The van der Waals surface area contributed by atoms with E-state index in [1.807, 2.05) is 0 Å². The van der Waals surface area contributed by atoms with Gasteiger partial charge in [-0.1, -0.05) is 6.07 Å². The zero-order valence-electron chi connectivity index (χ0n) is 14.4. The van der Waals surface area contributed by atoms with E-state index in [9.17, 15) is 31.9 Å². The molecule has 2 aliphatic rings. The van der Waals surface area contributed by atoms with Crippen LogP contribution >= 0.6 is 0 Å². The largest absolute Gasteiger partial charge is 0.416 e. The Morgan fingerprint density at radius 2 is 1.72 bits per heavy atom. The van der Waals surface area contributed by atoms with E-state index in [2.05, 4.69) is 10.9 Å². The molecule has 1 saturated heterocycles. The molecule has 10 heteroatoms. The van der Waals surface area contributed by atoms with Crippen LogP contribution in [0.1, 0.15) is 15.9 Å². The quantitative estimate of drug-likeness (QED) is 0.466. The Balaban J connectivity index is 1.73. The van der Waals surface area contributed by atoms with E-state index in [4.69, 9.17) is 0 Å². The molecule has 2 aromatic rings. The predicted octanol–water partition coefficient (Wildman–Crippen LogP) is 2.33. The first-order valence-corrected chi connectivity index (χ1v) is 8.30. The van der Waals surface area contributed by atoms with Crippen molar-refractivity contribution in [3.8, 4) is 0 Å². The van der Waals surface area contributed by atoms with Crippen LogP contribution in [0, 0.1) is 5.82 Å². The van der Waals surface area contributed by atoms with E-state index in [0.29, 0.717) is 11.0 Å². The Kier molecular flexibility index (Phi) is 4.23. The summed E-state index contributed by atoms with van der Waals surface area (Å²) in [6.07, 6.45) is -4.65. The van der Waals surface area contributed by atoms with Gasteiger partial charge >= 0.3 is 6.18 Å². The van der Waals surface area contributed by atoms with Crippen molar-refractivity contribution in [3.05, 3.63) is 76.7 Å². The summed E-state index contributed by atoms with van der Waals surface area (Å²) in [6, 6.07) is 7.11. The Bertz CT molecular complexity index is 1080. The fourth-order valence-corrected chi connectivity index (χ4v) is 3.18. The number of carbonyl (C=O) groups excluding carboxylic acids is 3. The molecule has 2 amide bonds. The lowest BCUT2D eigenvalue weighted by Crippen LogP contribution is -2.42. The summed E-state index contributed by atoms with van der Waals surface area (Å²) in [7, 11) is 0. The summed E-state index contributed by atoms with van der Waals surface area (Å²) < 4.78 is 52.0. The van der Waals surface area contributed by atoms with E-state index in [1.54, 1.807) is 0 Å². The number of nitrogens with zero attached hydrogens (tertiary/aromatic N) is 1. The Labute approximate surface area is 160 Å². The van der Waals surface area contributed by atoms with Crippen LogP contribution in [0.15, 0.2) is 59.8 Å². The SMILES string of the molecule is O=C(C1=C2C(=O)N(c3cccc(C(F)(F)F)c3)C(=O)[C@H]2NN1)c1ccc(F)cc1. The molecule has 0 radical (unpaired) electrons. The monoisotopic (exact) mass is 405 g/mol. The van der Waals surface area contributed by atoms with Crippen LogP contribution in [0.3, 0.4) is 0 Å². The number of alkyl halides is 3. The number of hydrogen-bond donors (Lipinski definition) is 2. The number of fused-ring (bicyclic) bond motifs is 1. The van der Waals surface area contributed by atoms with Crippen molar-refractivity contribution in [2.24, 2.45) is 0 Å². The number of Topliss-reactive ketones (excluding diaryl/α,β-unsaturated/α-hetero) is 1. The van der Waals surface area contributed by atoms with Crippen molar-refractivity contribution >= 4 is 23.3 Å². The van der Waals surface area contributed by atoms with Crippen LogP contribution in [0.4, 0.5) is 23.2 Å². The number of ketones is 1. The van der Waals surface area contributed by atoms with Gasteiger partial charge in [0.1, 0.15) is 17.6 Å². The molecule has 0 aromatic heterocycles. The maximum absolute atomic E-state index is 13.1. The number of halogens is 4. The average molecular weight is 405 g/mol. The highest BCUT2D eigenvalue weighted by molar-refractivity contribution is 6.33. The Morgan fingerprint density at radius 3 is 2.38 bits per heavy atom. The van der Waals surface area contributed by atoms with E-state index in [1.165, 1.54) is 18.2 Å². The summed E-state index contributed by atoms with van der Waals surface area (Å²) in [5.41, 5.74) is 3.36. The minimum Gasteiger partial charge on any atom is -0.316 e. The number of nitrogens with one attached hydrogen (secondary N) is 2. The first-order chi connectivity index (χ1) is 13.7. The summed E-state index contributed by atoms with van der Waals surface area (Å²) in [6.45, 7) is 0. The third kappa shape index (κ3) is 3.07. The van der Waals surface area contributed by atoms with Crippen LogP contribution in [-0.4, -0.2) is 23.6 Å². The number of benzene rings is 2. The lowest BCUT2D eigenvalue weighted by molar-refractivity contribution is -0.137. The molecule has 0 bridgehead atoms. The number of rotatable bonds is 3. The van der Waals surface area contributed by atoms with Crippen molar-refractivity contribution in [1.29, 1.82) is 0 Å². The molecule has 6 nitrogen and oxygen atoms in total. The third-order valence-corrected chi connectivity index (χ3v) is 4.57. The third-order valence-electron chi connectivity index (χ3n) is 4.57. The van der Waals surface area contributed by atoms with E-state index in [0.717, 1.165) is 24.3 Å². The van der Waals surface area contributed by atoms with Gasteiger partial charge in [-0.2, -0.15) is 13.2 Å². The number of hydrazine groups is 1. The molecule has 4 rings (SSSR count). The van der Waals surface area contributed by atoms with Crippen molar-refractivity contribution < 1.29 is 31.9 Å². The van der Waals surface area contributed by atoms with Crippen LogP contribution in [0.5, 0.6) is 0 Å². The van der Waals surface area contributed by atoms with Gasteiger partial charge in [0, 0.05) is 5.56 Å². The minimum absolute atomic E-state index is 0.0709. The van der Waals surface area contributed by atoms with Gasteiger partial charge in [-0.05, 0) is 42.5 Å². The van der Waals surface area contributed by atoms with E-state index >= 15 is 0 Å². The zero-order chi connectivity index (χ0) is 20.9. The summed E-state index contributed by atoms with van der Waals surface area (Å²) in [5, 5.41) is 0. The number of imide groups is 1. The molecule has 0 saturated carbocycles. The highest BCUT2D eigenvalue weighted by Gasteiger charge is 2.50. The van der Waals surface area contributed by atoms with Crippen molar-refractivity contribution in [2.45, 2.75) is 12.2 Å². The second kappa shape index (κ2) is 6.52. The number of carbonyl (C=O) groups is 3. The fourth-order valence-electron chi connectivity index (χ4n) is 3.18. The minimum atomic E-state index is -4.65. The van der Waals surface area contributed by atoms with Gasteiger partial charge < -0.3 is 5.43 Å². The number of hydrogen-bond acceptors (Lipinski definition) is 5. The molecule has 0 spiro atoms. The van der Waals surface area contributed by atoms with E-state index < -0.39 is 41.2 Å². The molecule has 2 aromatic carbocycles. The molecular weight excluding hydrogens is 394 g/mol. The molecule has 0 unspecified atom stereocenters. The lowest BCUT2D eigenvalue weighted by atomic mass is 10.0. The fraction of sp³-hybridized carbons (Fsp3) is 0.105. The lowest BCUT2D eigenvalue weighted by Gasteiger charge is -2.17. The predicted molar refractivity (Wildman–Crippen MR) is 91.8 cm³/mol. The highest BCUT2D eigenvalue weighted by Crippen LogP contribution is 2.35. The summed E-state index contributed by atoms with van der Waals surface area (Å²) in [5.74, 6) is -2.96. The van der Waals surface area contributed by atoms with Gasteiger partial charge in [-0.3, -0.25) is 14.4 Å². The standard InChI is InChI=1S/C19H11F4N3O3/c20-11-6-4-9(5-7-11)16(27)14-13-15(25-24-14)18(29)26(17(13)28)12-3-1-2-10(8-12)19(21,22)23/h1-8,15,24-25H/t15-/m0/s1. The van der Waals surface area contributed by atoms with Gasteiger partial charge in [0.2, 0.25) is 5.78 Å². The second-order valence-corrected chi connectivity index (χ2v) is 6.35. The van der Waals surface area contributed by atoms with Gasteiger partial charge in [-0.15, -0.1) is 0 Å². The maximum atomic E-state index is 13.1. The molecule has 29 heavy (non-hydrogen) atoms. The van der Waals surface area contributed by atoms with Crippen molar-refractivity contribution in [1.82, 2.24) is 10.9 Å². The van der Waals surface area contributed by atoms with Crippen LogP contribution in [-0.2, 0) is 15.8 Å². The average Bonchev–Trinajstić information content (AvgIpc) is 3.22. The van der Waals surface area contributed by atoms with Crippen molar-refractivity contribution in [2.75, 3.05) is 4.90 Å². The number of amides is 2. The smallest absolute Gasteiger partial charge is 0.316 e. The molecule has 0 aliphatic carbocycles. The molecule has 1 fully saturated rings. The molecular formula is C19H11F4N3O3. The normalized spacial score (nSPS) is 18.9. The van der Waals surface area contributed by atoms with Gasteiger partial charge in [0.05, 0.1) is 16.8 Å². The molecule has 2 aliphatic heterocycles. The topological polar surface area (TPSA) is 78.5 Å². The molecule has 2 N–H and O–H groups in total. The van der Waals surface area contributed by atoms with Crippen LogP contribution < -0.4 is 15.8 Å². The van der Waals surface area contributed by atoms with Crippen LogP contribution in [0.2, 0.25) is 0 Å². The molecule has 1 atom stereocenters. The van der Waals surface area contributed by atoms with Gasteiger partial charge in [0.25, 0.3) is 11.8 Å². The molecule has 2 heterocycles. The van der Waals surface area contributed by atoms with Gasteiger partial charge in [0.15, 0.2) is 0 Å². The van der Waals surface area contributed by atoms with Crippen molar-refractivity contribution in [3.63, 3.8) is 0 Å². The number of allylic oxidation sites excluding steroid dienone is 1. The summed E-state index contributed by atoms with van der Waals surface area (Å²) in [4.78, 5) is 38.7. The van der Waals surface area contributed by atoms with E-state index in [-0.39, 0.29) is 22.5 Å². The Morgan fingerprint density at radius 1 is 1.03 bits per heavy atom. The first kappa shape index (κ1) is 18.8. The highest BCUT2D eigenvalue weighted by atomic mass is 19.4. The molecule has 148 valence electrons. The Hall–Kier alpha value is -3.53. The first-order valence-electron chi connectivity index (χ1n) is 8.30. The van der Waals surface area contributed by atoms with Crippen LogP contribution in [0.25, 0.3) is 0 Å². The second-order valence-electron chi connectivity index (χ2n) is 6.35. The van der Waals surface area contributed by atoms with Gasteiger partial charge in [-0.25, -0.2) is 14.7 Å². The summed E-state index contributed by atoms with van der Waals surface area (Å²) >= 11 is 0. The number of anilines is 1.